The average molecular weight is 742 g/mol. The van der Waals surface area contributed by atoms with E-state index in [-0.39, 0.29) is 0 Å². The lowest BCUT2D eigenvalue weighted by Crippen LogP contribution is -2.32. The van der Waals surface area contributed by atoms with Crippen molar-refractivity contribution in [2.45, 2.75) is 79.3 Å². The van der Waals surface area contributed by atoms with Crippen LogP contribution < -0.4 is 10.6 Å². The number of nitrogens with one attached hydrogen (secondary N) is 2. The number of ketones is 2. The predicted octanol–water partition coefficient (Wildman–Crippen LogP) is 10.3. The van der Waals surface area contributed by atoms with Gasteiger partial charge in [0.2, 0.25) is 12.1 Å². The highest BCUT2D eigenvalue weighted by Gasteiger charge is 2.25. The number of anilines is 2. The molecule has 4 aromatic carbocycles. The Morgan fingerprint density at radius 3 is 1.27 bits per heavy atom. The molecule has 2 unspecified atom stereocenters. The number of aryl methyl sites for hydroxylation is 2. The van der Waals surface area contributed by atoms with E-state index in [9.17, 15) is 19.2 Å². The van der Waals surface area contributed by atoms with Crippen LogP contribution in [0.15, 0.2) is 93.3 Å². The molecule has 0 saturated carbocycles. The van der Waals surface area contributed by atoms with Gasteiger partial charge in [0, 0.05) is 22.5 Å². The summed E-state index contributed by atoms with van der Waals surface area (Å²) in [6.45, 7) is 10.7. The second-order valence-electron chi connectivity index (χ2n) is 12.1. The van der Waals surface area contributed by atoms with Crippen LogP contribution in [0.4, 0.5) is 22.7 Å². The van der Waals surface area contributed by atoms with Crippen LogP contribution in [-0.2, 0) is 44.9 Å². The lowest BCUT2D eigenvalue weighted by atomic mass is 10.0. The summed E-state index contributed by atoms with van der Waals surface area (Å²) in [6.07, 6.45) is 3.08. The van der Waals surface area contributed by atoms with Crippen molar-refractivity contribution in [1.29, 1.82) is 0 Å². The van der Waals surface area contributed by atoms with Crippen molar-refractivity contribution in [3.05, 3.63) is 105 Å². The molecule has 2 N–H and O–H groups in total. The quantitative estimate of drug-likeness (QED) is 0.0924. The summed E-state index contributed by atoms with van der Waals surface area (Å²) in [6, 6.07) is 18.4. The molecule has 2 amide bonds. The number of Topliss-reactive ketones (excluding diaryl/α,β-unsaturated/α-hetero) is 2. The van der Waals surface area contributed by atoms with Gasteiger partial charge in [0.05, 0.1) is 21.4 Å². The number of nitrogens with zero attached hydrogens (tertiary/aromatic N) is 4. The van der Waals surface area contributed by atoms with Gasteiger partial charge in [0.1, 0.15) is 0 Å². The summed E-state index contributed by atoms with van der Waals surface area (Å²) in [5.74, 6) is -2.07. The number of benzene rings is 4. The van der Waals surface area contributed by atoms with Crippen molar-refractivity contribution in [3.8, 4) is 11.1 Å². The van der Waals surface area contributed by atoms with Gasteiger partial charge in [-0.2, -0.15) is 20.5 Å². The molecule has 0 aliphatic carbocycles. The first-order valence-corrected chi connectivity index (χ1v) is 17.9. The number of azo groups is 2. The van der Waals surface area contributed by atoms with Crippen molar-refractivity contribution in [1.82, 2.24) is 0 Å². The highest BCUT2D eigenvalue weighted by Crippen LogP contribution is 2.37. The molecule has 0 aromatic heterocycles. The Balaban J connectivity index is 1.49. The Labute approximate surface area is 314 Å². The van der Waals surface area contributed by atoms with Crippen LogP contribution in [0.2, 0.25) is 10.0 Å². The van der Waals surface area contributed by atoms with Crippen LogP contribution in [0, 0.1) is 0 Å². The number of carbonyl (C=O) groups is 4. The number of hydrogen-bond donors (Lipinski definition) is 2. The first-order valence-electron chi connectivity index (χ1n) is 17.2. The number of rotatable bonds is 15. The molecule has 52 heavy (non-hydrogen) atoms. The lowest BCUT2D eigenvalue weighted by Gasteiger charge is -2.15. The molecule has 0 aliphatic rings. The summed E-state index contributed by atoms with van der Waals surface area (Å²) in [5.41, 5.74) is 7.39. The molecular weight excluding hydrogens is 699 g/mol. The molecule has 0 saturated heterocycles. The summed E-state index contributed by atoms with van der Waals surface area (Å²) < 4.78 is 0. The van der Waals surface area contributed by atoms with Crippen molar-refractivity contribution in [3.63, 3.8) is 0 Å². The van der Waals surface area contributed by atoms with E-state index in [0.717, 1.165) is 47.9 Å². The van der Waals surface area contributed by atoms with Gasteiger partial charge >= 0.3 is 0 Å². The maximum Gasteiger partial charge on any atom is 0.258 e. The Kier molecular flexibility index (Phi) is 14.1. The zero-order valence-electron chi connectivity index (χ0n) is 30.1. The van der Waals surface area contributed by atoms with Gasteiger partial charge in [-0.05, 0) is 98.2 Å². The summed E-state index contributed by atoms with van der Waals surface area (Å²) >= 11 is 13.3. The minimum atomic E-state index is -1.35. The highest BCUT2D eigenvalue weighted by molar-refractivity contribution is 6.36. The standard InChI is InChI=1S/C40H42Cl2N6O4/c1-7-25-13-11-15-35(29(25)9-3)43-39(51)37(23(5)49)47-45-27-17-19-31(33(41)21-27)32-20-18-28(22-34(32)42)46-48-38(24(6)50)40(52)44-36-16-12-14-26(8-2)30(36)10-4/h11-22,37-38H,7-10H2,1-6H3,(H,43,51)(H,44,52). The largest absolute Gasteiger partial charge is 0.323 e. The van der Waals surface area contributed by atoms with E-state index >= 15 is 0 Å². The summed E-state index contributed by atoms with van der Waals surface area (Å²) in [5, 5.41) is 22.7. The van der Waals surface area contributed by atoms with E-state index in [1.165, 1.54) is 13.8 Å². The fourth-order valence-corrected chi connectivity index (χ4v) is 6.41. The fraction of sp³-hybridized carbons (Fsp3) is 0.300. The average Bonchev–Trinajstić information content (AvgIpc) is 3.11. The highest BCUT2D eigenvalue weighted by atomic mass is 35.5. The summed E-state index contributed by atoms with van der Waals surface area (Å²) in [7, 11) is 0. The number of carbonyl (C=O) groups excluding carboxylic acids is 4. The van der Waals surface area contributed by atoms with Crippen LogP contribution in [-0.4, -0.2) is 35.5 Å². The third-order valence-corrected chi connectivity index (χ3v) is 9.20. The maximum absolute atomic E-state index is 13.1. The van der Waals surface area contributed by atoms with Crippen LogP contribution in [0.1, 0.15) is 63.8 Å². The normalized spacial score (nSPS) is 12.5. The Morgan fingerprint density at radius 2 is 0.962 bits per heavy atom. The van der Waals surface area contributed by atoms with Gasteiger partial charge < -0.3 is 10.6 Å². The molecule has 270 valence electrons. The van der Waals surface area contributed by atoms with E-state index in [0.29, 0.717) is 43.9 Å². The Morgan fingerprint density at radius 1 is 0.577 bits per heavy atom. The molecule has 0 bridgehead atoms. The number of amides is 2. The zero-order chi connectivity index (χ0) is 37.9. The molecule has 0 aliphatic heterocycles. The fourth-order valence-electron chi connectivity index (χ4n) is 5.86. The summed E-state index contributed by atoms with van der Waals surface area (Å²) in [4.78, 5) is 51.0. The molecule has 4 rings (SSSR count). The van der Waals surface area contributed by atoms with Crippen LogP contribution in [0.3, 0.4) is 0 Å². The first-order chi connectivity index (χ1) is 24.9. The van der Waals surface area contributed by atoms with Crippen LogP contribution in [0.25, 0.3) is 11.1 Å². The van der Waals surface area contributed by atoms with Gasteiger partial charge in [-0.1, -0.05) is 87.3 Å². The van der Waals surface area contributed by atoms with Crippen molar-refractivity contribution in [2.24, 2.45) is 20.5 Å². The molecule has 0 fully saturated rings. The molecule has 12 heteroatoms. The molecule has 10 nitrogen and oxygen atoms in total. The minimum absolute atomic E-state index is 0.299. The lowest BCUT2D eigenvalue weighted by molar-refractivity contribution is -0.127. The van der Waals surface area contributed by atoms with Crippen molar-refractivity contribution in [2.75, 3.05) is 10.6 Å². The van der Waals surface area contributed by atoms with Crippen molar-refractivity contribution < 1.29 is 19.2 Å². The van der Waals surface area contributed by atoms with Gasteiger partial charge in [0.15, 0.2) is 11.6 Å². The molecule has 2 atom stereocenters. The monoisotopic (exact) mass is 740 g/mol. The van der Waals surface area contributed by atoms with Crippen LogP contribution >= 0.6 is 23.2 Å². The molecular formula is C40H42Cl2N6O4. The van der Waals surface area contributed by atoms with Gasteiger partial charge in [-0.25, -0.2) is 0 Å². The predicted molar refractivity (Wildman–Crippen MR) is 208 cm³/mol. The smallest absolute Gasteiger partial charge is 0.258 e. The maximum atomic E-state index is 13.1. The zero-order valence-corrected chi connectivity index (χ0v) is 31.6. The second kappa shape index (κ2) is 18.4. The second-order valence-corrected chi connectivity index (χ2v) is 12.9. The van der Waals surface area contributed by atoms with Crippen molar-refractivity contribution >= 4 is 69.3 Å². The van der Waals surface area contributed by atoms with Gasteiger partial charge in [-0.3, -0.25) is 19.2 Å². The van der Waals surface area contributed by atoms with E-state index in [1.54, 1.807) is 48.5 Å². The molecule has 0 heterocycles. The third kappa shape index (κ3) is 9.63. The van der Waals surface area contributed by atoms with Gasteiger partial charge in [0.25, 0.3) is 11.8 Å². The minimum Gasteiger partial charge on any atom is -0.323 e. The SMILES string of the molecule is CCc1cccc(NC(=O)C(N=Nc2ccc(-c3ccc(N=NC(C(C)=O)C(=O)Nc4cccc(CC)c4CC)cc3Cl)c(Cl)c2)C(C)=O)c1CC. The first kappa shape index (κ1) is 39.7. The van der Waals surface area contributed by atoms with Gasteiger partial charge in [-0.15, -0.1) is 0 Å². The molecule has 4 aromatic rings. The van der Waals surface area contributed by atoms with E-state index < -0.39 is 35.5 Å². The molecule has 0 spiro atoms. The van der Waals surface area contributed by atoms with E-state index in [2.05, 4.69) is 31.1 Å². The Hall–Kier alpha value is -5.06. The van der Waals surface area contributed by atoms with E-state index in [4.69, 9.17) is 23.2 Å². The Bertz CT molecular complexity index is 1900. The number of hydrogen-bond acceptors (Lipinski definition) is 8. The number of halogens is 2. The van der Waals surface area contributed by atoms with E-state index in [1.807, 2.05) is 52.0 Å². The van der Waals surface area contributed by atoms with Crippen LogP contribution in [0.5, 0.6) is 0 Å². The molecule has 0 radical (unpaired) electrons. The third-order valence-electron chi connectivity index (χ3n) is 8.57. The topological polar surface area (TPSA) is 142 Å².